The second-order valence-electron chi connectivity index (χ2n) is 6.30. The smallest absolute Gasteiger partial charge is 0.257 e. The molecule has 1 aliphatic rings. The summed E-state index contributed by atoms with van der Waals surface area (Å²) in [6.07, 6.45) is 1.39. The van der Waals surface area contributed by atoms with E-state index in [2.05, 4.69) is 5.10 Å². The third kappa shape index (κ3) is 3.19. The topological polar surface area (TPSA) is 58.4 Å². The molecular weight excluding hydrogens is 314 g/mol. The zero-order chi connectivity index (χ0) is 17.2. The molecule has 1 aromatic heterocycles. The average Bonchev–Trinajstić information content (AvgIpc) is 3.04. The number of nitrogens with zero attached hydrogens (tertiary/aromatic N) is 3. The number of benzene rings is 2. The van der Waals surface area contributed by atoms with Crippen LogP contribution < -0.4 is 0 Å². The van der Waals surface area contributed by atoms with E-state index < -0.39 is 6.10 Å². The number of rotatable bonds is 4. The van der Waals surface area contributed by atoms with Crippen molar-refractivity contribution in [1.82, 2.24) is 14.7 Å². The van der Waals surface area contributed by atoms with Crippen LogP contribution in [0.1, 0.15) is 15.9 Å². The highest BCUT2D eigenvalue weighted by molar-refractivity contribution is 6.00. The molecule has 0 bridgehead atoms. The predicted molar refractivity (Wildman–Crippen MR) is 95.1 cm³/mol. The fourth-order valence-corrected chi connectivity index (χ4v) is 3.03. The van der Waals surface area contributed by atoms with Gasteiger partial charge in [0.1, 0.15) is 5.69 Å². The molecule has 0 unspecified atom stereocenters. The van der Waals surface area contributed by atoms with Gasteiger partial charge >= 0.3 is 0 Å². The van der Waals surface area contributed by atoms with Crippen molar-refractivity contribution in [3.63, 3.8) is 0 Å². The number of likely N-dealkylation sites (tertiary alicyclic amines) is 1. The number of hydrogen-bond donors (Lipinski definition) is 1. The second-order valence-corrected chi connectivity index (χ2v) is 6.30. The standard InChI is InChI=1S/C20H19N3O2/c24-17-12-22(13-17)20(25)18-14-23(11-15-7-3-1-4-8-15)21-19(18)16-9-5-2-6-10-16/h1-10,14,17,24H,11-13H2. The number of carbonyl (C=O) groups is 1. The largest absolute Gasteiger partial charge is 0.389 e. The summed E-state index contributed by atoms with van der Waals surface area (Å²) in [5.41, 5.74) is 3.30. The zero-order valence-corrected chi connectivity index (χ0v) is 13.7. The Morgan fingerprint density at radius 2 is 1.68 bits per heavy atom. The van der Waals surface area contributed by atoms with Crippen molar-refractivity contribution in [1.29, 1.82) is 0 Å². The number of aliphatic hydroxyl groups excluding tert-OH is 1. The highest BCUT2D eigenvalue weighted by atomic mass is 16.3. The summed E-state index contributed by atoms with van der Waals surface area (Å²) in [5.74, 6) is -0.0801. The lowest BCUT2D eigenvalue weighted by Gasteiger charge is -2.35. The van der Waals surface area contributed by atoms with Gasteiger partial charge in [-0.2, -0.15) is 5.10 Å². The van der Waals surface area contributed by atoms with Gasteiger partial charge in [-0.05, 0) is 5.56 Å². The molecule has 0 radical (unpaired) electrons. The van der Waals surface area contributed by atoms with Gasteiger partial charge in [0.05, 0.1) is 18.2 Å². The molecule has 2 heterocycles. The number of aliphatic hydroxyl groups is 1. The van der Waals surface area contributed by atoms with E-state index in [1.54, 1.807) is 9.58 Å². The molecule has 1 aliphatic heterocycles. The highest BCUT2D eigenvalue weighted by Gasteiger charge is 2.32. The number of amides is 1. The van der Waals surface area contributed by atoms with Crippen LogP contribution >= 0.6 is 0 Å². The molecule has 126 valence electrons. The van der Waals surface area contributed by atoms with Crippen molar-refractivity contribution >= 4 is 5.91 Å². The molecule has 3 aromatic rings. The van der Waals surface area contributed by atoms with Gasteiger partial charge in [0, 0.05) is 24.8 Å². The maximum atomic E-state index is 12.8. The quantitative estimate of drug-likeness (QED) is 0.798. The van der Waals surface area contributed by atoms with Crippen LogP contribution in [0.3, 0.4) is 0 Å². The van der Waals surface area contributed by atoms with Crippen LogP contribution in [0.5, 0.6) is 0 Å². The first-order chi connectivity index (χ1) is 12.2. The molecule has 0 saturated carbocycles. The first-order valence-corrected chi connectivity index (χ1v) is 8.35. The van der Waals surface area contributed by atoms with Crippen LogP contribution in [0.2, 0.25) is 0 Å². The van der Waals surface area contributed by atoms with E-state index in [1.807, 2.05) is 66.9 Å². The number of carbonyl (C=O) groups excluding carboxylic acids is 1. The SMILES string of the molecule is O=C(c1cn(Cc2ccccc2)nc1-c1ccccc1)N1CC(O)C1. The monoisotopic (exact) mass is 333 g/mol. The third-order valence-corrected chi connectivity index (χ3v) is 4.38. The van der Waals surface area contributed by atoms with Gasteiger partial charge in [-0.25, -0.2) is 0 Å². The normalized spacial score (nSPS) is 14.4. The summed E-state index contributed by atoms with van der Waals surface area (Å²) in [5, 5.41) is 14.1. The van der Waals surface area contributed by atoms with Gasteiger partial charge in [-0.3, -0.25) is 9.48 Å². The van der Waals surface area contributed by atoms with E-state index in [0.29, 0.717) is 30.9 Å². The van der Waals surface area contributed by atoms with E-state index in [-0.39, 0.29) is 5.91 Å². The van der Waals surface area contributed by atoms with Crippen LogP contribution in [0.15, 0.2) is 66.9 Å². The van der Waals surface area contributed by atoms with E-state index in [1.165, 1.54) is 0 Å². The van der Waals surface area contributed by atoms with E-state index in [9.17, 15) is 9.90 Å². The van der Waals surface area contributed by atoms with Crippen LogP contribution in [0.4, 0.5) is 0 Å². The maximum absolute atomic E-state index is 12.8. The highest BCUT2D eigenvalue weighted by Crippen LogP contribution is 2.25. The molecule has 1 fully saturated rings. The summed E-state index contributed by atoms with van der Waals surface area (Å²) < 4.78 is 1.81. The Kier molecular flexibility index (Phi) is 4.07. The summed E-state index contributed by atoms with van der Waals surface area (Å²) in [7, 11) is 0. The lowest BCUT2D eigenvalue weighted by Crippen LogP contribution is -2.53. The van der Waals surface area contributed by atoms with Gasteiger partial charge in [-0.15, -0.1) is 0 Å². The van der Waals surface area contributed by atoms with Crippen LogP contribution in [0, 0.1) is 0 Å². The average molecular weight is 333 g/mol. The van der Waals surface area contributed by atoms with Crippen LogP contribution in [0.25, 0.3) is 11.3 Å². The minimum absolute atomic E-state index is 0.0801. The molecule has 0 atom stereocenters. The Balaban J connectivity index is 1.69. The molecule has 1 N–H and O–H groups in total. The van der Waals surface area contributed by atoms with Crippen molar-refractivity contribution in [2.45, 2.75) is 12.6 Å². The Morgan fingerprint density at radius 3 is 2.32 bits per heavy atom. The predicted octanol–water partition coefficient (Wildman–Crippen LogP) is 2.42. The fraction of sp³-hybridized carbons (Fsp3) is 0.200. The minimum Gasteiger partial charge on any atom is -0.389 e. The van der Waals surface area contributed by atoms with Crippen molar-refractivity contribution in [3.8, 4) is 11.3 Å². The molecule has 1 saturated heterocycles. The third-order valence-electron chi connectivity index (χ3n) is 4.38. The molecule has 5 heteroatoms. The summed E-state index contributed by atoms with van der Waals surface area (Å²) in [6, 6.07) is 19.8. The number of aromatic nitrogens is 2. The molecule has 5 nitrogen and oxygen atoms in total. The lowest BCUT2D eigenvalue weighted by atomic mass is 10.1. The molecular formula is C20H19N3O2. The molecule has 25 heavy (non-hydrogen) atoms. The zero-order valence-electron chi connectivity index (χ0n) is 13.7. The van der Waals surface area contributed by atoms with Gasteiger partial charge in [-0.1, -0.05) is 60.7 Å². The Bertz CT molecular complexity index is 868. The Labute approximate surface area is 146 Å². The van der Waals surface area contributed by atoms with E-state index in [0.717, 1.165) is 11.1 Å². The van der Waals surface area contributed by atoms with Gasteiger partial charge in [0.15, 0.2) is 0 Å². The molecule has 0 spiro atoms. The first kappa shape index (κ1) is 15.6. The van der Waals surface area contributed by atoms with Crippen molar-refractivity contribution in [3.05, 3.63) is 78.0 Å². The molecule has 2 aromatic carbocycles. The van der Waals surface area contributed by atoms with E-state index >= 15 is 0 Å². The maximum Gasteiger partial charge on any atom is 0.257 e. The van der Waals surface area contributed by atoms with Gasteiger partial charge in [0.25, 0.3) is 5.91 Å². The number of hydrogen-bond acceptors (Lipinski definition) is 3. The van der Waals surface area contributed by atoms with E-state index in [4.69, 9.17) is 0 Å². The fourth-order valence-electron chi connectivity index (χ4n) is 3.03. The molecule has 0 aliphatic carbocycles. The number of β-amino-alcohol motifs (C(OH)–C–C–N with tert-alkyl or cyclic N) is 1. The van der Waals surface area contributed by atoms with Crippen molar-refractivity contribution in [2.24, 2.45) is 0 Å². The van der Waals surface area contributed by atoms with Gasteiger partial charge < -0.3 is 10.0 Å². The Morgan fingerprint density at radius 1 is 1.04 bits per heavy atom. The Hall–Kier alpha value is -2.92. The minimum atomic E-state index is -0.413. The second kappa shape index (κ2) is 6.53. The summed E-state index contributed by atoms with van der Waals surface area (Å²) in [4.78, 5) is 14.4. The van der Waals surface area contributed by atoms with Crippen molar-refractivity contribution in [2.75, 3.05) is 13.1 Å². The molecule has 4 rings (SSSR count). The summed E-state index contributed by atoms with van der Waals surface area (Å²) in [6.45, 7) is 1.38. The van der Waals surface area contributed by atoms with Crippen LogP contribution in [-0.2, 0) is 6.54 Å². The summed E-state index contributed by atoms with van der Waals surface area (Å²) >= 11 is 0. The first-order valence-electron chi connectivity index (χ1n) is 8.35. The van der Waals surface area contributed by atoms with Crippen molar-refractivity contribution < 1.29 is 9.90 Å². The van der Waals surface area contributed by atoms with Gasteiger partial charge in [0.2, 0.25) is 0 Å². The molecule has 1 amide bonds. The van der Waals surface area contributed by atoms with Crippen LogP contribution in [-0.4, -0.2) is 44.9 Å². The lowest BCUT2D eigenvalue weighted by molar-refractivity contribution is 0.00594.